The van der Waals surface area contributed by atoms with Gasteiger partial charge in [0.05, 0.1) is 6.20 Å². The zero-order chi connectivity index (χ0) is 25.8. The zero-order valence-electron chi connectivity index (χ0n) is 18.4. The van der Waals surface area contributed by atoms with Crippen LogP contribution in [0.3, 0.4) is 0 Å². The minimum atomic E-state index is -3.01. The van der Waals surface area contributed by atoms with Gasteiger partial charge in [-0.25, -0.2) is 9.78 Å². The number of hydrogen-bond acceptors (Lipinski definition) is 7. The Kier molecular flexibility index (Phi) is 7.49. The summed E-state index contributed by atoms with van der Waals surface area (Å²) in [6.07, 6.45) is 1.35. The molecule has 1 aromatic carbocycles. The first kappa shape index (κ1) is 25.4. The molecule has 0 saturated carbocycles. The summed E-state index contributed by atoms with van der Waals surface area (Å²) in [5.74, 6) is -3.60. The number of halogens is 3. The van der Waals surface area contributed by atoms with Crippen LogP contribution in [0, 0.1) is 6.92 Å². The van der Waals surface area contributed by atoms with E-state index in [2.05, 4.69) is 20.2 Å². The van der Waals surface area contributed by atoms with Crippen LogP contribution in [0.1, 0.15) is 34.8 Å². The summed E-state index contributed by atoms with van der Waals surface area (Å²) in [7, 11) is 0. The van der Waals surface area contributed by atoms with Gasteiger partial charge in [0.25, 0.3) is 0 Å². The molecule has 4 rings (SSSR count). The van der Waals surface area contributed by atoms with Crippen molar-refractivity contribution in [2.45, 2.75) is 26.3 Å². The number of alkyl halides is 2. The van der Waals surface area contributed by atoms with Crippen molar-refractivity contribution in [3.05, 3.63) is 70.7 Å². The predicted octanol–water partition coefficient (Wildman–Crippen LogP) is 3.94. The van der Waals surface area contributed by atoms with E-state index >= 15 is 0 Å². The molecule has 4 aromatic rings. The van der Waals surface area contributed by atoms with E-state index in [0.717, 1.165) is 6.92 Å². The third-order valence-electron chi connectivity index (χ3n) is 4.18. The zero-order valence-corrected chi connectivity index (χ0v) is 19.2. The fraction of sp³-hybridized carbons (Fsp3) is 0.190. The monoisotopic (exact) mass is 507 g/mol. The maximum absolute atomic E-state index is 13.0. The van der Waals surface area contributed by atoms with Gasteiger partial charge in [-0.1, -0.05) is 23.7 Å². The Balaban J connectivity index is 0.000000198. The molecule has 3 heterocycles. The highest BCUT2D eigenvalue weighted by atomic mass is 35.5. The number of carbonyl (C=O) groups is 1. The van der Waals surface area contributed by atoms with Crippen molar-refractivity contribution in [3.8, 4) is 11.3 Å². The molecule has 0 bridgehead atoms. The van der Waals surface area contributed by atoms with Crippen LogP contribution in [0.2, 0.25) is 5.02 Å². The molecular weight excluding hydrogens is 488 g/mol. The van der Waals surface area contributed by atoms with Gasteiger partial charge in [-0.05, 0) is 24.3 Å². The van der Waals surface area contributed by atoms with Crippen molar-refractivity contribution >= 4 is 29.3 Å². The average molecular weight is 508 g/mol. The molecule has 35 heavy (non-hydrogen) atoms. The number of oxazole rings is 1. The number of benzene rings is 1. The van der Waals surface area contributed by atoms with Crippen molar-refractivity contribution in [3.63, 3.8) is 0 Å². The lowest BCUT2D eigenvalue weighted by atomic mass is 10.1. The van der Waals surface area contributed by atoms with E-state index in [1.807, 2.05) is 0 Å². The minimum absolute atomic E-state index is 0.0974. The number of nitrogens with zero attached hydrogens (tertiary/aromatic N) is 5. The van der Waals surface area contributed by atoms with E-state index in [-0.39, 0.29) is 29.8 Å². The molecule has 0 unspecified atom stereocenters. The lowest BCUT2D eigenvalue weighted by Gasteiger charge is -2.05. The molecule has 0 spiro atoms. The minimum Gasteiger partial charge on any atom is -0.476 e. The Hall–Kier alpha value is -4.26. The summed E-state index contributed by atoms with van der Waals surface area (Å²) in [5.41, 5.74) is 10.9. The molecule has 0 saturated heterocycles. The molecule has 0 radical (unpaired) electrons. The summed E-state index contributed by atoms with van der Waals surface area (Å²) in [6, 6.07) is 9.44. The second-order valence-electron chi connectivity index (χ2n) is 7.15. The molecule has 0 fully saturated rings. The summed E-state index contributed by atoms with van der Waals surface area (Å²) in [5, 5.41) is 17.3. The van der Waals surface area contributed by atoms with Crippen LogP contribution in [0.25, 0.3) is 11.3 Å². The van der Waals surface area contributed by atoms with Gasteiger partial charge in [-0.2, -0.15) is 23.7 Å². The fourth-order valence-electron chi connectivity index (χ4n) is 2.78. The van der Waals surface area contributed by atoms with Crippen molar-refractivity contribution in [1.82, 2.24) is 20.0 Å². The second kappa shape index (κ2) is 10.3. The number of guanidine groups is 1. The number of carboxylic acids is 1. The molecule has 14 heteroatoms. The normalized spacial score (nSPS) is 11.0. The third kappa shape index (κ3) is 6.86. The van der Waals surface area contributed by atoms with Crippen molar-refractivity contribution < 1.29 is 27.5 Å². The predicted molar refractivity (Wildman–Crippen MR) is 122 cm³/mol. The summed E-state index contributed by atoms with van der Waals surface area (Å²) >= 11 is 5.82. The molecule has 0 aliphatic heterocycles. The molecular formula is C21H20ClF2N7O4. The Bertz CT molecular complexity index is 1350. The number of aromatic nitrogens is 4. The maximum atomic E-state index is 13.0. The standard InChI is InChI=1S/C11H8ClNO3.C10H12F2N6O/c1-6-13-9(11(14)15)10(16-6)7-3-2-4-8(12)5-7;1-10(11,12)7-3-2-6(19-7)5-18-15-4-8(17-18)16-9(13)14/h2-5H,1H3,(H,14,15);2-4H,5H2,1H3,(H4,13,14,16,17). The molecule has 0 amide bonds. The number of aromatic carboxylic acids is 1. The Morgan fingerprint density at radius 1 is 1.26 bits per heavy atom. The quantitative estimate of drug-likeness (QED) is 0.258. The van der Waals surface area contributed by atoms with Crippen LogP contribution in [-0.4, -0.2) is 37.0 Å². The summed E-state index contributed by atoms with van der Waals surface area (Å²) in [4.78, 5) is 19.7. The number of furan rings is 1. The average Bonchev–Trinajstić information content (AvgIpc) is 3.48. The highest BCUT2D eigenvalue weighted by molar-refractivity contribution is 6.30. The number of nitrogens with two attached hydrogens (primary N) is 2. The Morgan fingerprint density at radius 2 is 2.00 bits per heavy atom. The van der Waals surface area contributed by atoms with Gasteiger partial charge in [0.2, 0.25) is 0 Å². The van der Waals surface area contributed by atoms with E-state index in [4.69, 9.17) is 37.0 Å². The van der Waals surface area contributed by atoms with E-state index in [9.17, 15) is 13.6 Å². The number of carboxylic acid groups (broad SMARTS) is 1. The largest absolute Gasteiger partial charge is 0.476 e. The van der Waals surface area contributed by atoms with E-state index in [1.165, 1.54) is 23.1 Å². The Labute approximate surface area is 202 Å². The van der Waals surface area contributed by atoms with Crippen LogP contribution in [0.5, 0.6) is 0 Å². The number of rotatable bonds is 6. The number of aryl methyl sites for hydroxylation is 1. The number of aliphatic imine (C=N–C) groups is 1. The van der Waals surface area contributed by atoms with Gasteiger partial charge in [0, 0.05) is 24.4 Å². The van der Waals surface area contributed by atoms with Gasteiger partial charge in [-0.3, -0.25) is 0 Å². The van der Waals surface area contributed by atoms with Crippen molar-refractivity contribution in [1.29, 1.82) is 0 Å². The van der Waals surface area contributed by atoms with Gasteiger partial charge < -0.3 is 25.4 Å². The highest BCUT2D eigenvalue weighted by Crippen LogP contribution is 2.29. The lowest BCUT2D eigenvalue weighted by molar-refractivity contribution is -0.00641. The second-order valence-corrected chi connectivity index (χ2v) is 7.59. The summed E-state index contributed by atoms with van der Waals surface area (Å²) in [6.45, 7) is 2.47. The first-order valence-corrected chi connectivity index (χ1v) is 10.2. The van der Waals surface area contributed by atoms with E-state index < -0.39 is 17.7 Å². The molecule has 0 atom stereocenters. The van der Waals surface area contributed by atoms with Crippen LogP contribution < -0.4 is 11.5 Å². The first-order chi connectivity index (χ1) is 16.4. The molecule has 0 aliphatic rings. The highest BCUT2D eigenvalue weighted by Gasteiger charge is 2.28. The SMILES string of the molecule is CC(F)(F)c1ccc(Cn2ncc(N=C(N)N)n2)o1.Cc1nc(C(=O)O)c(-c2cccc(Cl)c2)o1. The number of hydrogen-bond donors (Lipinski definition) is 3. The summed E-state index contributed by atoms with van der Waals surface area (Å²) < 4.78 is 36.2. The third-order valence-corrected chi connectivity index (χ3v) is 4.42. The molecule has 11 nitrogen and oxygen atoms in total. The van der Waals surface area contributed by atoms with Gasteiger partial charge in [0.15, 0.2) is 34.9 Å². The smallest absolute Gasteiger partial charge is 0.358 e. The lowest BCUT2D eigenvalue weighted by Crippen LogP contribution is -2.21. The van der Waals surface area contributed by atoms with Gasteiger partial charge in [0.1, 0.15) is 12.3 Å². The maximum Gasteiger partial charge on any atom is 0.358 e. The van der Waals surface area contributed by atoms with E-state index in [0.29, 0.717) is 22.2 Å². The van der Waals surface area contributed by atoms with Crippen LogP contribution in [0.15, 0.2) is 56.4 Å². The Morgan fingerprint density at radius 3 is 2.60 bits per heavy atom. The van der Waals surface area contributed by atoms with Crippen molar-refractivity contribution in [2.75, 3.05) is 0 Å². The first-order valence-electron chi connectivity index (χ1n) is 9.86. The molecule has 3 aromatic heterocycles. The van der Waals surface area contributed by atoms with Crippen molar-refractivity contribution in [2.24, 2.45) is 16.5 Å². The van der Waals surface area contributed by atoms with Crippen LogP contribution >= 0.6 is 11.6 Å². The van der Waals surface area contributed by atoms with Gasteiger partial charge in [-0.15, -0.1) is 5.10 Å². The van der Waals surface area contributed by atoms with E-state index in [1.54, 1.807) is 31.2 Å². The molecule has 0 aliphatic carbocycles. The molecule has 184 valence electrons. The van der Waals surface area contributed by atoms with Crippen LogP contribution in [0.4, 0.5) is 14.6 Å². The fourth-order valence-corrected chi connectivity index (χ4v) is 2.97. The van der Waals surface area contributed by atoms with Gasteiger partial charge >= 0.3 is 11.9 Å². The molecule has 5 N–H and O–H groups in total. The topological polar surface area (TPSA) is 172 Å². The van der Waals surface area contributed by atoms with Crippen LogP contribution in [-0.2, 0) is 12.5 Å².